The number of nitrogens with one attached hydrogen (secondary N) is 1. The number of aromatic carboxylic acids is 1. The van der Waals surface area contributed by atoms with Crippen LogP contribution in [0.2, 0.25) is 0 Å². The molecule has 0 bridgehead atoms. The average molecular weight is 662 g/mol. The van der Waals surface area contributed by atoms with Gasteiger partial charge in [-0.25, -0.2) is 9.78 Å². The zero-order chi connectivity index (χ0) is 33.5. The van der Waals surface area contributed by atoms with Gasteiger partial charge in [-0.15, -0.1) is 11.8 Å². The van der Waals surface area contributed by atoms with Crippen LogP contribution >= 0.6 is 11.8 Å². The molecule has 6 rings (SSSR count). The lowest BCUT2D eigenvalue weighted by molar-refractivity contribution is -0.268. The van der Waals surface area contributed by atoms with E-state index in [0.29, 0.717) is 22.9 Å². The largest absolute Gasteiger partial charge is 0.478 e. The molecule has 3 aromatic carbocycles. The van der Waals surface area contributed by atoms with Crippen LogP contribution in [0.3, 0.4) is 0 Å². The summed E-state index contributed by atoms with van der Waals surface area (Å²) in [5.41, 5.74) is 6.28. The van der Waals surface area contributed by atoms with E-state index in [9.17, 15) is 19.8 Å². The lowest BCUT2D eigenvalue weighted by Gasteiger charge is -2.41. The van der Waals surface area contributed by atoms with Crippen molar-refractivity contribution in [2.45, 2.75) is 43.6 Å². The van der Waals surface area contributed by atoms with Gasteiger partial charge >= 0.3 is 5.97 Å². The molecule has 5 aromatic rings. The summed E-state index contributed by atoms with van der Waals surface area (Å²) in [7, 11) is 0. The first kappa shape index (κ1) is 33.0. The topological polar surface area (TPSA) is 131 Å². The van der Waals surface area contributed by atoms with Gasteiger partial charge in [0.15, 0.2) is 6.29 Å². The van der Waals surface area contributed by atoms with Crippen molar-refractivity contribution in [2.75, 3.05) is 5.75 Å². The summed E-state index contributed by atoms with van der Waals surface area (Å²) in [4.78, 5) is 32.6. The maximum atomic E-state index is 12.5. The van der Waals surface area contributed by atoms with Crippen LogP contribution in [0.4, 0.5) is 0 Å². The molecule has 10 heteroatoms. The third kappa shape index (κ3) is 7.80. The Balaban J connectivity index is 1.19. The first-order chi connectivity index (χ1) is 23.4. The third-order valence-corrected chi connectivity index (χ3v) is 9.42. The number of pyridine rings is 2. The quantitative estimate of drug-likeness (QED) is 0.130. The highest BCUT2D eigenvalue weighted by Gasteiger charge is 2.38. The van der Waals surface area contributed by atoms with E-state index in [2.05, 4.69) is 28.3 Å². The molecular weight excluding hydrogens is 627 g/mol. The number of ether oxygens (including phenoxy) is 2. The second-order valence-electron chi connectivity index (χ2n) is 11.5. The zero-order valence-corrected chi connectivity index (χ0v) is 27.0. The van der Waals surface area contributed by atoms with Gasteiger partial charge in [-0.05, 0) is 58.1 Å². The van der Waals surface area contributed by atoms with E-state index in [4.69, 9.17) is 9.47 Å². The number of benzene rings is 3. The van der Waals surface area contributed by atoms with Crippen LogP contribution in [-0.4, -0.2) is 43.9 Å². The van der Waals surface area contributed by atoms with Crippen LogP contribution in [0.5, 0.6) is 0 Å². The number of carbonyl (C=O) groups is 2. The van der Waals surface area contributed by atoms with Crippen LogP contribution in [0.25, 0.3) is 11.1 Å². The number of hydrogen-bond donors (Lipinski definition) is 3. The van der Waals surface area contributed by atoms with E-state index in [-0.39, 0.29) is 36.2 Å². The Labute approximate surface area is 283 Å². The maximum absolute atomic E-state index is 12.5. The van der Waals surface area contributed by atoms with Gasteiger partial charge in [-0.1, -0.05) is 73.7 Å². The lowest BCUT2D eigenvalue weighted by Crippen LogP contribution is -2.38. The number of aliphatic hydroxyl groups is 1. The highest BCUT2D eigenvalue weighted by atomic mass is 32.2. The monoisotopic (exact) mass is 661 g/mol. The van der Waals surface area contributed by atoms with Gasteiger partial charge in [0.05, 0.1) is 29.9 Å². The highest BCUT2D eigenvalue weighted by molar-refractivity contribution is 7.99. The Morgan fingerprint density at radius 3 is 2.35 bits per heavy atom. The summed E-state index contributed by atoms with van der Waals surface area (Å²) in [6.45, 7) is 2.41. The van der Waals surface area contributed by atoms with Gasteiger partial charge in [0.25, 0.3) is 5.91 Å². The van der Waals surface area contributed by atoms with Crippen molar-refractivity contribution in [3.05, 3.63) is 149 Å². The minimum atomic E-state index is -1.02. The molecule has 48 heavy (non-hydrogen) atoms. The van der Waals surface area contributed by atoms with Gasteiger partial charge in [0, 0.05) is 42.4 Å². The Morgan fingerprint density at radius 2 is 1.62 bits per heavy atom. The normalized spacial score (nSPS) is 19.0. The average Bonchev–Trinajstić information content (AvgIpc) is 3.14. The molecular formula is C38H35N3O6S. The Kier molecular flexibility index (Phi) is 10.6. The minimum absolute atomic E-state index is 0.0440. The molecule has 2 aromatic heterocycles. The fourth-order valence-electron chi connectivity index (χ4n) is 5.61. The standard InChI is InChI=1S/C38H35N3O6S/c1-24-33(23-48-36-32(37(44)45)8-4-18-40-36)46-38(47-34(24)28-11-9-25(22-42)10-12-28)29-15-13-27(14-16-29)30-6-2-5-26(19-30)20-41-35(43)31-7-3-17-39-21-31/h2-19,21,24,33-34,38,42H,20,22-23H2,1H3,(H,41,43)(H,44,45). The highest BCUT2D eigenvalue weighted by Crippen LogP contribution is 2.43. The molecule has 0 spiro atoms. The van der Waals surface area contributed by atoms with Crippen LogP contribution in [-0.2, 0) is 22.6 Å². The van der Waals surface area contributed by atoms with Crippen molar-refractivity contribution in [2.24, 2.45) is 5.92 Å². The number of amides is 1. The third-order valence-electron chi connectivity index (χ3n) is 8.33. The number of hydrogen-bond acceptors (Lipinski definition) is 8. The van der Waals surface area contributed by atoms with Crippen LogP contribution in [0, 0.1) is 5.92 Å². The lowest BCUT2D eigenvalue weighted by atomic mass is 9.91. The SMILES string of the molecule is CC1C(CSc2ncccc2C(=O)O)OC(c2ccc(-c3cccc(CNC(=O)c4cccnc4)c3)cc2)OC1c1ccc(CO)cc1. The number of carbonyl (C=O) groups excluding carboxylic acids is 1. The van der Waals surface area contributed by atoms with Crippen LogP contribution < -0.4 is 5.32 Å². The molecule has 1 aliphatic rings. The number of aliphatic hydroxyl groups excluding tert-OH is 1. The van der Waals surface area contributed by atoms with Crippen LogP contribution in [0.15, 0.2) is 121 Å². The summed E-state index contributed by atoms with van der Waals surface area (Å²) in [5, 5.41) is 22.6. The van der Waals surface area contributed by atoms with Crippen LogP contribution in [0.1, 0.15) is 62.3 Å². The fraction of sp³-hybridized carbons (Fsp3) is 0.211. The molecule has 1 fully saturated rings. The van der Waals surface area contributed by atoms with E-state index >= 15 is 0 Å². The van der Waals surface area contributed by atoms with E-state index in [1.807, 2.05) is 66.7 Å². The first-order valence-electron chi connectivity index (χ1n) is 15.6. The molecule has 1 amide bonds. The van der Waals surface area contributed by atoms with Gasteiger partial charge in [-0.3, -0.25) is 9.78 Å². The second-order valence-corrected chi connectivity index (χ2v) is 12.5. The second kappa shape index (κ2) is 15.4. The smallest absolute Gasteiger partial charge is 0.338 e. The molecule has 1 saturated heterocycles. The first-order valence-corrected chi connectivity index (χ1v) is 16.6. The van der Waals surface area contributed by atoms with Gasteiger partial charge in [0.2, 0.25) is 0 Å². The molecule has 3 N–H and O–H groups in total. The summed E-state index contributed by atoms with van der Waals surface area (Å²) < 4.78 is 13.2. The maximum Gasteiger partial charge on any atom is 0.338 e. The van der Waals surface area contributed by atoms with E-state index < -0.39 is 12.3 Å². The van der Waals surface area contributed by atoms with E-state index in [1.54, 1.807) is 42.9 Å². The zero-order valence-electron chi connectivity index (χ0n) is 26.2. The molecule has 9 nitrogen and oxygen atoms in total. The molecule has 0 radical (unpaired) electrons. The molecule has 3 heterocycles. The summed E-state index contributed by atoms with van der Waals surface area (Å²) >= 11 is 1.36. The predicted molar refractivity (Wildman–Crippen MR) is 182 cm³/mol. The van der Waals surface area contributed by atoms with Crippen molar-refractivity contribution in [1.82, 2.24) is 15.3 Å². The fourth-order valence-corrected chi connectivity index (χ4v) is 6.77. The van der Waals surface area contributed by atoms with Crippen molar-refractivity contribution in [1.29, 1.82) is 0 Å². The summed E-state index contributed by atoms with van der Waals surface area (Å²) in [5.74, 6) is -0.787. The van der Waals surface area contributed by atoms with E-state index in [1.165, 1.54) is 11.8 Å². The number of aromatic nitrogens is 2. The number of thioether (sulfide) groups is 1. The molecule has 1 aliphatic heterocycles. The number of nitrogens with zero attached hydrogens (tertiary/aromatic N) is 2. The van der Waals surface area contributed by atoms with Gasteiger partial charge < -0.3 is 25.0 Å². The molecule has 244 valence electrons. The predicted octanol–water partition coefficient (Wildman–Crippen LogP) is 6.85. The Hall–Kier alpha value is -4.87. The summed E-state index contributed by atoms with van der Waals surface area (Å²) in [6, 6.07) is 30.4. The molecule has 4 unspecified atom stereocenters. The van der Waals surface area contributed by atoms with Crippen molar-refractivity contribution in [3.8, 4) is 11.1 Å². The minimum Gasteiger partial charge on any atom is -0.478 e. The summed E-state index contributed by atoms with van der Waals surface area (Å²) in [6.07, 6.45) is 3.52. The van der Waals surface area contributed by atoms with Gasteiger partial charge in [0.1, 0.15) is 5.03 Å². The number of carboxylic acid groups (broad SMARTS) is 1. The number of carboxylic acids is 1. The van der Waals surface area contributed by atoms with E-state index in [0.717, 1.165) is 33.4 Å². The Morgan fingerprint density at radius 1 is 0.854 bits per heavy atom. The Bertz CT molecular complexity index is 1850. The molecule has 0 saturated carbocycles. The number of rotatable bonds is 11. The van der Waals surface area contributed by atoms with Gasteiger partial charge in [-0.2, -0.15) is 0 Å². The molecule has 0 aliphatic carbocycles. The molecule has 4 atom stereocenters. The van der Waals surface area contributed by atoms with Crippen molar-refractivity contribution >= 4 is 23.6 Å². The van der Waals surface area contributed by atoms with Crippen molar-refractivity contribution in [3.63, 3.8) is 0 Å². The van der Waals surface area contributed by atoms with Crippen molar-refractivity contribution < 1.29 is 29.3 Å².